The predicted molar refractivity (Wildman–Crippen MR) is 49.7 cm³/mol. The molecule has 0 heterocycles. The van der Waals surface area contributed by atoms with E-state index in [9.17, 15) is 4.39 Å². The van der Waals surface area contributed by atoms with E-state index in [0.717, 1.165) is 0 Å². The Hall–Kier alpha value is -1.13. The highest BCUT2D eigenvalue weighted by atomic mass is 19.1. The topological polar surface area (TPSA) is 27.7 Å². The molecule has 1 aromatic carbocycles. The first-order chi connectivity index (χ1) is 6.77. The van der Waals surface area contributed by atoms with E-state index in [1.165, 1.54) is 20.3 Å². The summed E-state index contributed by atoms with van der Waals surface area (Å²) < 4.78 is 28.0. The number of rotatable bonds is 5. The van der Waals surface area contributed by atoms with E-state index in [0.29, 0.717) is 0 Å². The molecule has 0 aliphatic heterocycles. The minimum absolute atomic E-state index is 0.161. The maximum Gasteiger partial charge on any atom is 0.191 e. The zero-order chi connectivity index (χ0) is 10.4. The van der Waals surface area contributed by atoms with Gasteiger partial charge in [0.2, 0.25) is 0 Å². The van der Waals surface area contributed by atoms with Crippen LogP contribution >= 0.6 is 0 Å². The number of halogens is 1. The van der Waals surface area contributed by atoms with Crippen LogP contribution in [0.3, 0.4) is 0 Å². The van der Waals surface area contributed by atoms with Crippen LogP contribution in [-0.2, 0) is 9.47 Å². The summed E-state index contributed by atoms with van der Waals surface area (Å²) in [6, 6.07) is 6.20. The van der Waals surface area contributed by atoms with E-state index in [2.05, 4.69) is 0 Å². The monoisotopic (exact) mass is 200 g/mol. The van der Waals surface area contributed by atoms with Crippen molar-refractivity contribution in [2.45, 2.75) is 6.29 Å². The lowest BCUT2D eigenvalue weighted by molar-refractivity contribution is -0.122. The summed E-state index contributed by atoms with van der Waals surface area (Å²) in [6.07, 6.45) is -0.477. The summed E-state index contributed by atoms with van der Waals surface area (Å²) in [7, 11) is 3.00. The summed E-state index contributed by atoms with van der Waals surface area (Å²) in [5.41, 5.74) is 0. The minimum atomic E-state index is -0.477. The van der Waals surface area contributed by atoms with Crippen LogP contribution in [0.25, 0.3) is 0 Å². The van der Waals surface area contributed by atoms with Crippen molar-refractivity contribution in [2.75, 3.05) is 20.8 Å². The molecule has 1 rings (SSSR count). The van der Waals surface area contributed by atoms with Crippen LogP contribution in [0.5, 0.6) is 5.75 Å². The van der Waals surface area contributed by atoms with E-state index in [-0.39, 0.29) is 12.4 Å². The smallest absolute Gasteiger partial charge is 0.191 e. The highest BCUT2D eigenvalue weighted by molar-refractivity contribution is 5.23. The molecule has 0 saturated heterocycles. The molecule has 0 amide bonds. The Labute approximate surface area is 82.4 Å². The van der Waals surface area contributed by atoms with E-state index in [4.69, 9.17) is 14.2 Å². The molecule has 1 aromatic rings. The second-order valence-electron chi connectivity index (χ2n) is 2.64. The maximum absolute atomic E-state index is 13.0. The van der Waals surface area contributed by atoms with E-state index >= 15 is 0 Å². The van der Waals surface area contributed by atoms with Gasteiger partial charge in [0.05, 0.1) is 0 Å². The molecule has 0 unspecified atom stereocenters. The van der Waals surface area contributed by atoms with Gasteiger partial charge in [-0.2, -0.15) is 0 Å². The largest absolute Gasteiger partial charge is 0.485 e. The molecule has 4 heteroatoms. The van der Waals surface area contributed by atoms with E-state index < -0.39 is 12.1 Å². The summed E-state index contributed by atoms with van der Waals surface area (Å²) in [5, 5.41) is 0. The van der Waals surface area contributed by atoms with Gasteiger partial charge in [-0.3, -0.25) is 0 Å². The molecular formula is C10H13FO3. The summed E-state index contributed by atoms with van der Waals surface area (Å²) in [6.45, 7) is 0.161. The number of hydrogen-bond acceptors (Lipinski definition) is 3. The fourth-order valence-corrected chi connectivity index (χ4v) is 0.952. The minimum Gasteiger partial charge on any atom is -0.485 e. The summed E-state index contributed by atoms with van der Waals surface area (Å²) >= 11 is 0. The lowest BCUT2D eigenvalue weighted by Crippen LogP contribution is -2.22. The molecule has 0 aliphatic carbocycles. The molecule has 0 saturated carbocycles. The summed E-state index contributed by atoms with van der Waals surface area (Å²) in [4.78, 5) is 0. The molecule has 0 N–H and O–H groups in total. The van der Waals surface area contributed by atoms with Gasteiger partial charge in [0, 0.05) is 14.2 Å². The fraction of sp³-hybridized carbons (Fsp3) is 0.400. The van der Waals surface area contributed by atoms with E-state index in [1.54, 1.807) is 18.2 Å². The van der Waals surface area contributed by atoms with Crippen molar-refractivity contribution in [1.29, 1.82) is 0 Å². The molecule has 14 heavy (non-hydrogen) atoms. The van der Waals surface area contributed by atoms with Gasteiger partial charge < -0.3 is 14.2 Å². The molecular weight excluding hydrogens is 187 g/mol. The van der Waals surface area contributed by atoms with Gasteiger partial charge in [-0.1, -0.05) is 12.1 Å². The van der Waals surface area contributed by atoms with Crippen molar-refractivity contribution in [3.8, 4) is 5.75 Å². The molecule has 0 bridgehead atoms. The van der Waals surface area contributed by atoms with Gasteiger partial charge in [0.25, 0.3) is 0 Å². The van der Waals surface area contributed by atoms with Crippen LogP contribution in [0.4, 0.5) is 4.39 Å². The van der Waals surface area contributed by atoms with Crippen molar-refractivity contribution >= 4 is 0 Å². The van der Waals surface area contributed by atoms with Crippen LogP contribution in [-0.4, -0.2) is 27.1 Å². The first kappa shape index (κ1) is 10.9. The van der Waals surface area contributed by atoms with Crippen molar-refractivity contribution in [1.82, 2.24) is 0 Å². The lowest BCUT2D eigenvalue weighted by atomic mass is 10.3. The van der Waals surface area contributed by atoms with Crippen molar-refractivity contribution in [3.63, 3.8) is 0 Å². The normalized spacial score (nSPS) is 10.6. The van der Waals surface area contributed by atoms with Crippen molar-refractivity contribution in [2.24, 2.45) is 0 Å². The second kappa shape index (κ2) is 5.57. The molecule has 0 spiro atoms. The number of para-hydroxylation sites is 1. The Morgan fingerprint density at radius 1 is 1.21 bits per heavy atom. The van der Waals surface area contributed by atoms with Gasteiger partial charge in [-0.05, 0) is 12.1 Å². The number of methoxy groups -OCH3 is 2. The molecule has 78 valence electrons. The van der Waals surface area contributed by atoms with Crippen molar-refractivity contribution < 1.29 is 18.6 Å². The highest BCUT2D eigenvalue weighted by Crippen LogP contribution is 2.15. The van der Waals surface area contributed by atoms with Crippen LogP contribution in [0, 0.1) is 5.82 Å². The zero-order valence-corrected chi connectivity index (χ0v) is 8.20. The molecule has 0 atom stereocenters. The van der Waals surface area contributed by atoms with Gasteiger partial charge in [-0.25, -0.2) is 4.39 Å². The molecule has 3 nitrogen and oxygen atoms in total. The van der Waals surface area contributed by atoms with Crippen LogP contribution in [0.2, 0.25) is 0 Å². The Morgan fingerprint density at radius 3 is 2.43 bits per heavy atom. The van der Waals surface area contributed by atoms with Crippen molar-refractivity contribution in [3.05, 3.63) is 30.1 Å². The Morgan fingerprint density at radius 2 is 1.86 bits per heavy atom. The highest BCUT2D eigenvalue weighted by Gasteiger charge is 2.07. The Bertz CT molecular complexity index is 274. The predicted octanol–water partition coefficient (Wildman–Crippen LogP) is 1.82. The average Bonchev–Trinajstić information content (AvgIpc) is 2.22. The average molecular weight is 200 g/mol. The first-order valence-corrected chi connectivity index (χ1v) is 4.21. The Balaban J connectivity index is 2.49. The first-order valence-electron chi connectivity index (χ1n) is 4.21. The number of hydrogen-bond donors (Lipinski definition) is 0. The zero-order valence-electron chi connectivity index (χ0n) is 8.20. The summed E-state index contributed by atoms with van der Waals surface area (Å²) in [5.74, 6) is -0.190. The van der Waals surface area contributed by atoms with Gasteiger partial charge in [0.1, 0.15) is 6.61 Å². The Kier molecular flexibility index (Phi) is 4.35. The second-order valence-corrected chi connectivity index (χ2v) is 2.64. The number of benzene rings is 1. The van der Waals surface area contributed by atoms with Gasteiger partial charge in [-0.15, -0.1) is 0 Å². The van der Waals surface area contributed by atoms with Crippen LogP contribution < -0.4 is 4.74 Å². The lowest BCUT2D eigenvalue weighted by Gasteiger charge is -2.14. The number of ether oxygens (including phenoxy) is 3. The van der Waals surface area contributed by atoms with Crippen LogP contribution in [0.1, 0.15) is 0 Å². The third kappa shape index (κ3) is 2.97. The SMILES string of the molecule is COC(COc1ccccc1F)OC. The maximum atomic E-state index is 13.0. The fourth-order valence-electron chi connectivity index (χ4n) is 0.952. The standard InChI is InChI=1S/C10H13FO3/c1-12-10(13-2)7-14-9-6-4-3-5-8(9)11/h3-6,10H,7H2,1-2H3. The molecule has 0 aliphatic rings. The quantitative estimate of drug-likeness (QED) is 0.678. The third-order valence-electron chi connectivity index (χ3n) is 1.74. The van der Waals surface area contributed by atoms with Gasteiger partial charge >= 0.3 is 0 Å². The third-order valence-corrected chi connectivity index (χ3v) is 1.74. The van der Waals surface area contributed by atoms with Crippen LogP contribution in [0.15, 0.2) is 24.3 Å². The molecule has 0 aromatic heterocycles. The van der Waals surface area contributed by atoms with E-state index in [1.807, 2.05) is 0 Å². The molecule has 0 fully saturated rings. The van der Waals surface area contributed by atoms with Gasteiger partial charge in [0.15, 0.2) is 17.9 Å². The molecule has 0 radical (unpaired) electrons.